The van der Waals surface area contributed by atoms with Crippen molar-refractivity contribution in [2.45, 2.75) is 20.0 Å². The summed E-state index contributed by atoms with van der Waals surface area (Å²) in [4.78, 5) is 17.3. The summed E-state index contributed by atoms with van der Waals surface area (Å²) >= 11 is 0. The maximum Gasteiger partial charge on any atom is 0.253 e. The minimum Gasteiger partial charge on any atom is -0.348 e. The number of hydrogen-bond acceptors (Lipinski definition) is 4. The molecule has 0 fully saturated rings. The number of aryl methyl sites for hydroxylation is 1. The maximum absolute atomic E-state index is 13.1. The minimum atomic E-state index is -3.62. The molecule has 174 valence electrons. The van der Waals surface area contributed by atoms with Crippen molar-refractivity contribution < 1.29 is 13.2 Å². The second-order valence-corrected chi connectivity index (χ2v) is 9.87. The van der Waals surface area contributed by atoms with Crippen molar-refractivity contribution in [1.82, 2.24) is 14.9 Å². The Kier molecular flexibility index (Phi) is 6.79. The lowest BCUT2D eigenvalue weighted by Gasteiger charge is -2.24. The number of carbonyl (C=O) groups is 1. The number of amides is 1. The lowest BCUT2D eigenvalue weighted by Crippen LogP contribution is -2.32. The van der Waals surface area contributed by atoms with Crippen LogP contribution in [0.15, 0.2) is 91.3 Å². The quantitative estimate of drug-likeness (QED) is 0.417. The zero-order valence-corrected chi connectivity index (χ0v) is 19.9. The average Bonchev–Trinajstić information content (AvgIpc) is 3.27. The highest BCUT2D eigenvalue weighted by atomic mass is 32.2. The Morgan fingerprint density at radius 2 is 1.62 bits per heavy atom. The van der Waals surface area contributed by atoms with Gasteiger partial charge in [0.15, 0.2) is 0 Å². The largest absolute Gasteiger partial charge is 0.348 e. The molecule has 1 heterocycles. The maximum atomic E-state index is 13.1. The molecule has 0 radical (unpaired) electrons. The molecule has 0 saturated heterocycles. The molecule has 0 spiro atoms. The van der Waals surface area contributed by atoms with Crippen molar-refractivity contribution in [1.29, 1.82) is 0 Å². The highest BCUT2D eigenvalue weighted by Gasteiger charge is 2.23. The van der Waals surface area contributed by atoms with Crippen LogP contribution in [0.4, 0.5) is 5.69 Å². The minimum absolute atomic E-state index is 0.138. The fraction of sp³-hybridized carbons (Fsp3) is 0.154. The predicted octanol–water partition coefficient (Wildman–Crippen LogP) is 4.08. The van der Waals surface area contributed by atoms with E-state index >= 15 is 0 Å². The van der Waals surface area contributed by atoms with E-state index in [4.69, 9.17) is 0 Å². The molecular formula is C26H26N4O3S. The van der Waals surface area contributed by atoms with Crippen LogP contribution < -0.4 is 9.62 Å². The SMILES string of the molecule is Cc1nccn1-c1ccc(CNC(=O)c2ccccc2N(Cc2ccccc2)S(C)(=O)=O)cc1. The van der Waals surface area contributed by atoms with Gasteiger partial charge in [-0.25, -0.2) is 13.4 Å². The molecule has 7 nitrogen and oxygen atoms in total. The zero-order chi connectivity index (χ0) is 24.1. The van der Waals surface area contributed by atoms with Gasteiger partial charge in [0.2, 0.25) is 10.0 Å². The van der Waals surface area contributed by atoms with E-state index in [0.717, 1.165) is 28.9 Å². The molecule has 0 bridgehead atoms. The third-order valence-corrected chi connectivity index (χ3v) is 6.61. The van der Waals surface area contributed by atoms with Gasteiger partial charge in [0.25, 0.3) is 5.91 Å². The van der Waals surface area contributed by atoms with Crippen LogP contribution in [0.3, 0.4) is 0 Å². The molecule has 0 aliphatic heterocycles. The van der Waals surface area contributed by atoms with Crippen LogP contribution >= 0.6 is 0 Å². The van der Waals surface area contributed by atoms with E-state index in [9.17, 15) is 13.2 Å². The Morgan fingerprint density at radius 3 is 2.26 bits per heavy atom. The third-order valence-electron chi connectivity index (χ3n) is 5.48. The van der Waals surface area contributed by atoms with Crippen molar-refractivity contribution in [3.63, 3.8) is 0 Å². The smallest absolute Gasteiger partial charge is 0.253 e. The standard InChI is InChI=1S/C26H26N4O3S/c1-20-27-16-17-29(20)23-14-12-21(13-15-23)18-28-26(31)24-10-6-7-11-25(24)30(34(2,32)33)19-22-8-4-3-5-9-22/h3-17H,18-19H2,1-2H3,(H,28,31). The summed E-state index contributed by atoms with van der Waals surface area (Å²) in [5.41, 5.74) is 3.39. The van der Waals surface area contributed by atoms with Gasteiger partial charge in [-0.05, 0) is 42.3 Å². The summed E-state index contributed by atoms with van der Waals surface area (Å²) in [6, 6.07) is 23.9. The second-order valence-electron chi connectivity index (χ2n) is 7.97. The summed E-state index contributed by atoms with van der Waals surface area (Å²) in [5.74, 6) is 0.551. The fourth-order valence-corrected chi connectivity index (χ4v) is 4.62. The Bertz CT molecular complexity index is 1380. The monoisotopic (exact) mass is 474 g/mol. The summed E-state index contributed by atoms with van der Waals surface area (Å²) in [7, 11) is -3.62. The van der Waals surface area contributed by atoms with E-state index < -0.39 is 10.0 Å². The molecule has 1 amide bonds. The molecule has 0 aliphatic rings. The summed E-state index contributed by atoms with van der Waals surface area (Å²) < 4.78 is 28.5. The van der Waals surface area contributed by atoms with Crippen LogP contribution in [-0.2, 0) is 23.1 Å². The first kappa shape index (κ1) is 23.3. The number of nitrogens with zero attached hydrogens (tertiary/aromatic N) is 3. The molecule has 4 aromatic rings. The third kappa shape index (κ3) is 5.35. The first-order valence-corrected chi connectivity index (χ1v) is 12.7. The van der Waals surface area contributed by atoms with Gasteiger partial charge in [-0.2, -0.15) is 0 Å². The van der Waals surface area contributed by atoms with E-state index in [1.165, 1.54) is 4.31 Å². The number of para-hydroxylation sites is 1. The lowest BCUT2D eigenvalue weighted by molar-refractivity contribution is 0.0951. The Balaban J connectivity index is 1.52. The number of rotatable bonds is 8. The number of hydrogen-bond donors (Lipinski definition) is 1. The molecule has 4 rings (SSSR count). The van der Waals surface area contributed by atoms with Crippen molar-refractivity contribution in [2.24, 2.45) is 0 Å². The number of sulfonamides is 1. The molecule has 1 aromatic heterocycles. The Labute approximate surface area is 199 Å². The molecule has 3 aromatic carbocycles. The Hall–Kier alpha value is -3.91. The van der Waals surface area contributed by atoms with E-state index in [-0.39, 0.29) is 12.5 Å². The molecular weight excluding hydrogens is 448 g/mol. The van der Waals surface area contributed by atoms with Crippen LogP contribution in [0.2, 0.25) is 0 Å². The number of nitrogens with one attached hydrogen (secondary N) is 1. The van der Waals surface area contributed by atoms with E-state index in [0.29, 0.717) is 17.8 Å². The number of anilines is 1. The first-order valence-electron chi connectivity index (χ1n) is 10.8. The fourth-order valence-electron chi connectivity index (χ4n) is 3.72. The van der Waals surface area contributed by atoms with Crippen LogP contribution in [0, 0.1) is 6.92 Å². The van der Waals surface area contributed by atoms with E-state index in [1.807, 2.05) is 72.3 Å². The second kappa shape index (κ2) is 9.93. The molecule has 1 N–H and O–H groups in total. The molecule has 34 heavy (non-hydrogen) atoms. The van der Waals surface area contributed by atoms with Gasteiger partial charge < -0.3 is 9.88 Å². The lowest BCUT2D eigenvalue weighted by atomic mass is 10.1. The number of benzene rings is 3. The van der Waals surface area contributed by atoms with Crippen molar-refractivity contribution in [3.8, 4) is 5.69 Å². The van der Waals surface area contributed by atoms with Gasteiger partial charge in [-0.15, -0.1) is 0 Å². The van der Waals surface area contributed by atoms with Crippen molar-refractivity contribution in [3.05, 3.63) is 114 Å². The summed E-state index contributed by atoms with van der Waals surface area (Å²) in [5, 5.41) is 2.91. The van der Waals surface area contributed by atoms with Crippen molar-refractivity contribution >= 4 is 21.6 Å². The summed E-state index contributed by atoms with van der Waals surface area (Å²) in [6.07, 6.45) is 4.79. The number of aromatic nitrogens is 2. The van der Waals surface area contributed by atoms with Gasteiger partial charge in [-0.1, -0.05) is 54.6 Å². The molecule has 8 heteroatoms. The molecule has 0 atom stereocenters. The number of imidazole rings is 1. The van der Waals surface area contributed by atoms with Gasteiger partial charge in [0, 0.05) is 24.6 Å². The highest BCUT2D eigenvalue weighted by Crippen LogP contribution is 2.25. The number of carbonyl (C=O) groups excluding carboxylic acids is 1. The molecule has 0 unspecified atom stereocenters. The average molecular weight is 475 g/mol. The van der Waals surface area contributed by atoms with Crippen LogP contribution in [0.1, 0.15) is 27.3 Å². The first-order chi connectivity index (χ1) is 16.3. The van der Waals surface area contributed by atoms with E-state index in [1.54, 1.807) is 30.5 Å². The van der Waals surface area contributed by atoms with Gasteiger partial charge in [0.1, 0.15) is 5.82 Å². The van der Waals surface area contributed by atoms with Gasteiger partial charge >= 0.3 is 0 Å². The van der Waals surface area contributed by atoms with Crippen LogP contribution in [0.25, 0.3) is 5.69 Å². The van der Waals surface area contributed by atoms with Gasteiger partial charge in [0.05, 0.1) is 24.1 Å². The van der Waals surface area contributed by atoms with Crippen LogP contribution in [0.5, 0.6) is 0 Å². The van der Waals surface area contributed by atoms with Crippen LogP contribution in [-0.4, -0.2) is 30.1 Å². The normalized spacial score (nSPS) is 11.2. The topological polar surface area (TPSA) is 84.3 Å². The summed E-state index contributed by atoms with van der Waals surface area (Å²) in [6.45, 7) is 2.39. The highest BCUT2D eigenvalue weighted by molar-refractivity contribution is 7.92. The van der Waals surface area contributed by atoms with E-state index in [2.05, 4.69) is 10.3 Å². The Morgan fingerprint density at radius 1 is 0.941 bits per heavy atom. The van der Waals surface area contributed by atoms with Crippen molar-refractivity contribution in [2.75, 3.05) is 10.6 Å². The molecule has 0 saturated carbocycles. The molecule has 0 aliphatic carbocycles. The predicted molar refractivity (Wildman–Crippen MR) is 133 cm³/mol. The zero-order valence-electron chi connectivity index (χ0n) is 19.0. The van der Waals surface area contributed by atoms with Gasteiger partial charge in [-0.3, -0.25) is 9.10 Å².